The molecule has 1 heterocycles. The quantitative estimate of drug-likeness (QED) is 0.666. The van der Waals surface area contributed by atoms with Gasteiger partial charge in [0.15, 0.2) is 0 Å². The van der Waals surface area contributed by atoms with Crippen molar-refractivity contribution in [3.63, 3.8) is 0 Å². The molecule has 1 aliphatic rings. The highest BCUT2D eigenvalue weighted by Crippen LogP contribution is 2.22. The van der Waals surface area contributed by atoms with E-state index in [-0.39, 0.29) is 10.6 Å². The zero-order chi connectivity index (χ0) is 13.7. The predicted octanol–water partition coefficient (Wildman–Crippen LogP) is 3.76. The first-order valence-electron chi connectivity index (χ1n) is 5.86. The summed E-state index contributed by atoms with van der Waals surface area (Å²) in [7, 11) is 0. The van der Waals surface area contributed by atoms with Gasteiger partial charge in [0.2, 0.25) is 0 Å². The lowest BCUT2D eigenvalue weighted by Gasteiger charge is -2.03. The van der Waals surface area contributed by atoms with Crippen molar-refractivity contribution in [2.24, 2.45) is 0 Å². The Kier molecular flexibility index (Phi) is 4.52. The minimum absolute atomic E-state index is 0.110. The van der Waals surface area contributed by atoms with Crippen molar-refractivity contribution in [1.29, 1.82) is 0 Å². The number of non-ortho nitro benzene ring substituents is 1. The van der Waals surface area contributed by atoms with Crippen LogP contribution in [0.15, 0.2) is 53.2 Å². The largest absolute Gasteiger partial charge is 0.387 e. The fourth-order valence-corrected chi connectivity index (χ4v) is 2.13. The van der Waals surface area contributed by atoms with E-state index >= 15 is 0 Å². The van der Waals surface area contributed by atoms with Gasteiger partial charge in [-0.15, -0.1) is 0 Å². The minimum atomic E-state index is -0.376. The second kappa shape index (κ2) is 6.33. The number of benzene rings is 1. The van der Waals surface area contributed by atoms with E-state index in [0.717, 1.165) is 22.0 Å². The van der Waals surface area contributed by atoms with E-state index in [0.29, 0.717) is 6.54 Å². The van der Waals surface area contributed by atoms with Crippen molar-refractivity contribution in [3.05, 3.63) is 68.9 Å². The van der Waals surface area contributed by atoms with E-state index in [1.54, 1.807) is 12.1 Å². The molecule has 2 rings (SSSR count). The van der Waals surface area contributed by atoms with Crippen molar-refractivity contribution < 1.29 is 4.92 Å². The Balaban J connectivity index is 2.29. The first-order chi connectivity index (χ1) is 9.16. The highest BCUT2D eigenvalue weighted by Gasteiger charge is 2.07. The molecule has 0 aliphatic carbocycles. The molecule has 0 bridgehead atoms. The standard InChI is InChI=1S/C14H13BrN2O2/c15-13-5-1-3-11(7-8-16-10-13)12-4-2-6-14(9-12)17(18)19/h1-4,6-7,9-10,16H,5,8H2/b3-1-,11-7+,13-10+. The lowest BCUT2D eigenvalue weighted by molar-refractivity contribution is -0.384. The van der Waals surface area contributed by atoms with Crippen LogP contribution in [0.25, 0.3) is 5.57 Å². The van der Waals surface area contributed by atoms with Crippen molar-refractivity contribution in [3.8, 4) is 0 Å². The molecule has 0 aromatic heterocycles. The van der Waals surface area contributed by atoms with Crippen LogP contribution in [0.1, 0.15) is 12.0 Å². The van der Waals surface area contributed by atoms with Gasteiger partial charge in [0.1, 0.15) is 0 Å². The van der Waals surface area contributed by atoms with E-state index in [2.05, 4.69) is 21.2 Å². The zero-order valence-electron chi connectivity index (χ0n) is 10.2. The third-order valence-corrected chi connectivity index (χ3v) is 3.25. The molecular formula is C14H13BrN2O2. The monoisotopic (exact) mass is 320 g/mol. The van der Waals surface area contributed by atoms with Gasteiger partial charge >= 0.3 is 0 Å². The molecule has 98 valence electrons. The maximum atomic E-state index is 10.8. The molecule has 1 N–H and O–H groups in total. The van der Waals surface area contributed by atoms with Crippen molar-refractivity contribution >= 4 is 27.2 Å². The average Bonchev–Trinajstić information content (AvgIpc) is 2.51. The number of nitrogens with one attached hydrogen (secondary N) is 1. The lowest BCUT2D eigenvalue weighted by atomic mass is 10.0. The first kappa shape index (κ1) is 13.5. The van der Waals surface area contributed by atoms with Gasteiger partial charge in [0, 0.05) is 29.4 Å². The van der Waals surface area contributed by atoms with E-state index in [4.69, 9.17) is 0 Å². The molecule has 0 radical (unpaired) electrons. The molecule has 1 aromatic rings. The van der Waals surface area contributed by atoms with Crippen LogP contribution in [0.3, 0.4) is 0 Å². The molecule has 0 atom stereocenters. The Morgan fingerprint density at radius 2 is 2.21 bits per heavy atom. The van der Waals surface area contributed by atoms with E-state index < -0.39 is 0 Å². The second-order valence-corrected chi connectivity index (χ2v) is 5.09. The van der Waals surface area contributed by atoms with E-state index in [1.165, 1.54) is 6.07 Å². The summed E-state index contributed by atoms with van der Waals surface area (Å²) in [5.41, 5.74) is 1.94. The fourth-order valence-electron chi connectivity index (χ4n) is 1.78. The number of nitro benzene ring substituents is 1. The number of rotatable bonds is 2. The molecule has 0 saturated carbocycles. The number of halogens is 1. The predicted molar refractivity (Wildman–Crippen MR) is 79.8 cm³/mol. The summed E-state index contributed by atoms with van der Waals surface area (Å²) in [5, 5.41) is 14.0. The molecule has 1 aliphatic heterocycles. The summed E-state index contributed by atoms with van der Waals surface area (Å²) >= 11 is 3.45. The Hall–Kier alpha value is -1.88. The van der Waals surface area contributed by atoms with Crippen molar-refractivity contribution in [2.75, 3.05) is 6.54 Å². The minimum Gasteiger partial charge on any atom is -0.387 e. The van der Waals surface area contributed by atoms with Gasteiger partial charge < -0.3 is 5.32 Å². The normalized spacial score (nSPS) is 22.6. The summed E-state index contributed by atoms with van der Waals surface area (Å²) in [6.45, 7) is 0.678. The van der Waals surface area contributed by atoms with Gasteiger partial charge in [-0.25, -0.2) is 0 Å². The summed E-state index contributed by atoms with van der Waals surface area (Å²) in [6.07, 6.45) is 8.73. The van der Waals surface area contributed by atoms with Gasteiger partial charge in [0.05, 0.1) is 4.92 Å². The van der Waals surface area contributed by atoms with Gasteiger partial charge in [-0.3, -0.25) is 10.1 Å². The molecule has 4 nitrogen and oxygen atoms in total. The van der Waals surface area contributed by atoms with Crippen LogP contribution in [-0.4, -0.2) is 11.5 Å². The van der Waals surface area contributed by atoms with Gasteiger partial charge in [0.25, 0.3) is 5.69 Å². The number of nitrogens with zero attached hydrogens (tertiary/aromatic N) is 1. The zero-order valence-corrected chi connectivity index (χ0v) is 11.8. The second-order valence-electron chi connectivity index (χ2n) is 4.07. The van der Waals surface area contributed by atoms with Crippen molar-refractivity contribution in [1.82, 2.24) is 5.32 Å². The molecule has 0 fully saturated rings. The number of hydrogen-bond donors (Lipinski definition) is 1. The third kappa shape index (κ3) is 3.79. The Labute approximate surface area is 119 Å². The molecule has 0 saturated heterocycles. The first-order valence-corrected chi connectivity index (χ1v) is 6.65. The number of hydrogen-bond acceptors (Lipinski definition) is 3. The summed E-state index contributed by atoms with van der Waals surface area (Å²) in [4.78, 5) is 10.4. The maximum Gasteiger partial charge on any atom is 0.270 e. The molecule has 19 heavy (non-hydrogen) atoms. The van der Waals surface area contributed by atoms with Crippen LogP contribution in [0.4, 0.5) is 5.69 Å². The van der Waals surface area contributed by atoms with Gasteiger partial charge in [-0.2, -0.15) is 0 Å². The van der Waals surface area contributed by atoms with E-state index in [9.17, 15) is 10.1 Å². The van der Waals surface area contributed by atoms with Gasteiger partial charge in [-0.1, -0.05) is 46.3 Å². The van der Waals surface area contributed by atoms with Crippen LogP contribution in [-0.2, 0) is 0 Å². The van der Waals surface area contributed by atoms with Crippen LogP contribution in [0.5, 0.6) is 0 Å². The Bertz CT molecular complexity index is 577. The van der Waals surface area contributed by atoms with Crippen LogP contribution in [0.2, 0.25) is 0 Å². The third-order valence-electron chi connectivity index (χ3n) is 2.70. The number of allylic oxidation sites excluding steroid dienone is 4. The Morgan fingerprint density at radius 1 is 1.37 bits per heavy atom. The smallest absolute Gasteiger partial charge is 0.270 e. The maximum absolute atomic E-state index is 10.8. The molecule has 0 unspecified atom stereocenters. The highest BCUT2D eigenvalue weighted by atomic mass is 79.9. The average molecular weight is 321 g/mol. The lowest BCUT2D eigenvalue weighted by Crippen LogP contribution is -2.04. The SMILES string of the molecule is O=[N+]([O-])c1cccc(C2=C/CN/C=C(/Br)C/C=C\2)c1. The summed E-state index contributed by atoms with van der Waals surface area (Å²) < 4.78 is 1.07. The van der Waals surface area contributed by atoms with Crippen LogP contribution < -0.4 is 5.32 Å². The highest BCUT2D eigenvalue weighted by molar-refractivity contribution is 9.11. The molecule has 0 spiro atoms. The molecule has 0 amide bonds. The fraction of sp³-hybridized carbons (Fsp3) is 0.143. The molecular weight excluding hydrogens is 308 g/mol. The summed E-state index contributed by atoms with van der Waals surface area (Å²) in [5.74, 6) is 0. The van der Waals surface area contributed by atoms with Crippen molar-refractivity contribution in [2.45, 2.75) is 6.42 Å². The Morgan fingerprint density at radius 3 is 3.00 bits per heavy atom. The topological polar surface area (TPSA) is 55.2 Å². The molecule has 5 heteroatoms. The molecule has 1 aromatic carbocycles. The van der Waals surface area contributed by atoms with Gasteiger partial charge in [-0.05, 0) is 17.6 Å². The number of nitro groups is 1. The van der Waals surface area contributed by atoms with Crippen LogP contribution >= 0.6 is 15.9 Å². The van der Waals surface area contributed by atoms with Crippen LogP contribution in [0, 0.1) is 10.1 Å². The van der Waals surface area contributed by atoms with E-state index in [1.807, 2.05) is 30.5 Å². The summed E-state index contributed by atoms with van der Waals surface area (Å²) in [6, 6.07) is 6.68.